The molecule has 0 amide bonds. The molecule has 0 spiro atoms. The summed E-state index contributed by atoms with van der Waals surface area (Å²) in [5, 5.41) is 0. The van der Waals surface area contributed by atoms with Crippen molar-refractivity contribution in [1.29, 1.82) is 0 Å². The molecule has 1 aliphatic rings. The van der Waals surface area contributed by atoms with Gasteiger partial charge in [-0.1, -0.05) is 12.8 Å². The van der Waals surface area contributed by atoms with Gasteiger partial charge >= 0.3 is 0 Å². The Labute approximate surface area is 64.7 Å². The van der Waals surface area contributed by atoms with E-state index in [4.69, 9.17) is 0 Å². The SMILES string of the molecule is O=S1(=O)CCS(=O)(=O)N1S. The van der Waals surface area contributed by atoms with Crippen LogP contribution in [0.25, 0.3) is 0 Å². The summed E-state index contributed by atoms with van der Waals surface area (Å²) in [6.07, 6.45) is 0. The minimum absolute atomic E-state index is 0.125. The second kappa shape index (κ2) is 2.10. The molecule has 0 unspecified atom stereocenters. The monoisotopic (exact) mass is 203 g/mol. The molecule has 0 saturated carbocycles. The van der Waals surface area contributed by atoms with Crippen LogP contribution in [0.3, 0.4) is 0 Å². The maximum Gasteiger partial charge on any atom is 0.237 e. The van der Waals surface area contributed by atoms with Crippen LogP contribution < -0.4 is 0 Å². The van der Waals surface area contributed by atoms with E-state index in [0.29, 0.717) is 0 Å². The molecule has 1 saturated heterocycles. The summed E-state index contributed by atoms with van der Waals surface area (Å²) in [5.41, 5.74) is 0. The van der Waals surface area contributed by atoms with Gasteiger partial charge in [0.2, 0.25) is 20.0 Å². The van der Waals surface area contributed by atoms with Crippen molar-refractivity contribution in [2.75, 3.05) is 11.5 Å². The zero-order valence-corrected chi connectivity index (χ0v) is 7.29. The van der Waals surface area contributed by atoms with Gasteiger partial charge in [0, 0.05) is 0 Å². The van der Waals surface area contributed by atoms with Gasteiger partial charge in [0.25, 0.3) is 0 Å². The van der Waals surface area contributed by atoms with Gasteiger partial charge in [0.1, 0.15) is 0 Å². The van der Waals surface area contributed by atoms with Crippen LogP contribution in [0, 0.1) is 0 Å². The molecule has 1 heterocycles. The van der Waals surface area contributed by atoms with E-state index in [1.807, 2.05) is 0 Å². The normalized spacial score (nSPS) is 30.5. The second-order valence-corrected chi connectivity index (χ2v) is 6.86. The first-order valence-corrected chi connectivity index (χ1v) is 5.93. The molecule has 0 atom stereocenters. The van der Waals surface area contributed by atoms with Crippen LogP contribution in [0.15, 0.2) is 0 Å². The summed E-state index contributed by atoms with van der Waals surface area (Å²) in [7, 11) is -7.25. The quantitative estimate of drug-likeness (QED) is 0.502. The minimum atomic E-state index is -3.62. The van der Waals surface area contributed by atoms with Crippen LogP contribution >= 0.6 is 12.8 Å². The lowest BCUT2D eigenvalue weighted by molar-refractivity contribution is 0.569. The molecule has 5 nitrogen and oxygen atoms in total. The molecule has 10 heavy (non-hydrogen) atoms. The standard InChI is InChI=1S/C2H5NO4S3/c4-9(5)1-2-10(6,7)3(9)8/h8H,1-2H2. The molecule has 0 aromatic rings. The molecule has 8 heteroatoms. The van der Waals surface area contributed by atoms with E-state index in [9.17, 15) is 16.8 Å². The second-order valence-electron chi connectivity index (χ2n) is 1.81. The Bertz CT molecular complexity index is 292. The van der Waals surface area contributed by atoms with Gasteiger partial charge in [-0.2, -0.15) is 0 Å². The Morgan fingerprint density at radius 1 is 1.00 bits per heavy atom. The number of hydrogen-bond acceptors (Lipinski definition) is 5. The maximum atomic E-state index is 10.6. The van der Waals surface area contributed by atoms with Crippen molar-refractivity contribution in [2.24, 2.45) is 0 Å². The molecule has 1 rings (SSSR count). The first-order valence-electron chi connectivity index (χ1n) is 2.31. The Morgan fingerprint density at radius 3 is 1.40 bits per heavy atom. The summed E-state index contributed by atoms with van der Waals surface area (Å²) < 4.78 is 42.7. The van der Waals surface area contributed by atoms with Gasteiger partial charge < -0.3 is 0 Å². The molecule has 0 bridgehead atoms. The van der Waals surface area contributed by atoms with Crippen molar-refractivity contribution < 1.29 is 16.8 Å². The molecule has 60 valence electrons. The fourth-order valence-electron chi connectivity index (χ4n) is 0.540. The summed E-state index contributed by atoms with van der Waals surface area (Å²) in [6, 6.07) is 0. The average Bonchev–Trinajstić information content (AvgIpc) is 1.95. The largest absolute Gasteiger partial charge is 0.237 e. The van der Waals surface area contributed by atoms with E-state index < -0.39 is 20.0 Å². The van der Waals surface area contributed by atoms with Crippen LogP contribution in [-0.4, -0.2) is 31.5 Å². The summed E-state index contributed by atoms with van der Waals surface area (Å²) in [4.78, 5) is 0. The smallest absolute Gasteiger partial charge is 0.210 e. The lowest BCUT2D eigenvalue weighted by atomic mass is 11.0. The molecule has 1 aliphatic heterocycles. The fourth-order valence-corrected chi connectivity index (χ4v) is 4.86. The zero-order valence-electron chi connectivity index (χ0n) is 4.76. The van der Waals surface area contributed by atoms with Crippen molar-refractivity contribution >= 4 is 32.9 Å². The molecule has 1 fully saturated rings. The van der Waals surface area contributed by atoms with E-state index in [1.54, 1.807) is 0 Å². The van der Waals surface area contributed by atoms with Crippen LogP contribution in [0.5, 0.6) is 0 Å². The van der Waals surface area contributed by atoms with E-state index in [-0.39, 0.29) is 14.6 Å². The van der Waals surface area contributed by atoms with Gasteiger partial charge in [-0.15, -0.1) is 0 Å². The highest BCUT2D eigenvalue weighted by atomic mass is 32.3. The van der Waals surface area contributed by atoms with Gasteiger partial charge in [-0.25, -0.2) is 16.8 Å². The van der Waals surface area contributed by atoms with Crippen molar-refractivity contribution in [2.45, 2.75) is 0 Å². The molecule has 0 aliphatic carbocycles. The lowest BCUT2D eigenvalue weighted by Crippen LogP contribution is -2.19. The molecular formula is C2H5NO4S3. The number of rotatable bonds is 0. The Kier molecular flexibility index (Phi) is 1.74. The first-order chi connectivity index (χ1) is 4.36. The van der Waals surface area contributed by atoms with E-state index in [2.05, 4.69) is 12.8 Å². The molecule has 0 radical (unpaired) electrons. The summed E-state index contributed by atoms with van der Waals surface area (Å²) in [5.74, 6) is -0.725. The highest BCUT2D eigenvalue weighted by molar-refractivity contribution is 8.17. The van der Waals surface area contributed by atoms with Crippen molar-refractivity contribution in [3.05, 3.63) is 0 Å². The highest BCUT2D eigenvalue weighted by Crippen LogP contribution is 2.19. The maximum absolute atomic E-state index is 10.6. The third kappa shape index (κ3) is 1.16. The lowest BCUT2D eigenvalue weighted by Gasteiger charge is -2.01. The summed E-state index contributed by atoms with van der Waals surface area (Å²) in [6.45, 7) is 0. The Balaban J connectivity index is 3.25. The molecule has 0 aromatic carbocycles. The van der Waals surface area contributed by atoms with E-state index >= 15 is 0 Å². The van der Waals surface area contributed by atoms with Gasteiger partial charge in [-0.05, 0) is 3.12 Å². The van der Waals surface area contributed by atoms with Crippen molar-refractivity contribution in [3.63, 3.8) is 0 Å². The van der Waals surface area contributed by atoms with Crippen LogP contribution in [-0.2, 0) is 20.0 Å². The predicted octanol–water partition coefficient (Wildman–Crippen LogP) is -1.19. The Hall–Kier alpha value is 0.210. The van der Waals surface area contributed by atoms with Crippen molar-refractivity contribution in [1.82, 2.24) is 3.12 Å². The van der Waals surface area contributed by atoms with Crippen LogP contribution in [0.1, 0.15) is 0 Å². The van der Waals surface area contributed by atoms with Gasteiger partial charge in [0.15, 0.2) is 0 Å². The first kappa shape index (κ1) is 8.31. The third-order valence-corrected chi connectivity index (χ3v) is 6.58. The zero-order chi connectivity index (χ0) is 7.99. The number of nitrogens with zero attached hydrogens (tertiary/aromatic N) is 1. The fraction of sp³-hybridized carbons (Fsp3) is 1.00. The molecule has 0 N–H and O–H groups in total. The Morgan fingerprint density at radius 2 is 1.30 bits per heavy atom. The van der Waals surface area contributed by atoms with Gasteiger partial charge in [-0.3, -0.25) is 0 Å². The molecule has 0 aromatic heterocycles. The minimum Gasteiger partial charge on any atom is -0.210 e. The van der Waals surface area contributed by atoms with Crippen LogP contribution in [0.4, 0.5) is 0 Å². The topological polar surface area (TPSA) is 71.5 Å². The predicted molar refractivity (Wildman–Crippen MR) is 38.4 cm³/mol. The van der Waals surface area contributed by atoms with E-state index in [1.165, 1.54) is 0 Å². The number of sulfonamides is 2. The van der Waals surface area contributed by atoms with Crippen molar-refractivity contribution in [3.8, 4) is 0 Å². The average molecular weight is 203 g/mol. The highest BCUT2D eigenvalue weighted by Gasteiger charge is 2.39. The number of thiol groups is 1. The number of hydrogen-bond donors (Lipinski definition) is 1. The van der Waals surface area contributed by atoms with Gasteiger partial charge in [0.05, 0.1) is 11.5 Å². The molecular weight excluding hydrogens is 198 g/mol. The van der Waals surface area contributed by atoms with Crippen LogP contribution in [0.2, 0.25) is 0 Å². The third-order valence-electron chi connectivity index (χ3n) is 1.08. The van der Waals surface area contributed by atoms with E-state index in [0.717, 1.165) is 0 Å². The summed E-state index contributed by atoms with van der Waals surface area (Å²) >= 11 is 3.31.